The van der Waals surface area contributed by atoms with Gasteiger partial charge in [-0.05, 0) is 11.6 Å². The van der Waals surface area contributed by atoms with Crippen LogP contribution in [0.3, 0.4) is 0 Å². The molecule has 1 heterocycles. The van der Waals surface area contributed by atoms with Gasteiger partial charge in [0, 0.05) is 30.6 Å². The maximum Gasteiger partial charge on any atom is 0.416 e. The lowest BCUT2D eigenvalue weighted by Crippen LogP contribution is -2.42. The summed E-state index contributed by atoms with van der Waals surface area (Å²) in [6.07, 6.45) is -4.33. The molecule has 0 bridgehead atoms. The number of thioether (sulfide) groups is 1. The molecular formula is C14H16F3NO2S. The summed E-state index contributed by atoms with van der Waals surface area (Å²) in [4.78, 5) is 12.8. The molecule has 7 heteroatoms. The summed E-state index contributed by atoms with van der Waals surface area (Å²) in [6.45, 7) is 1.04. The van der Waals surface area contributed by atoms with Crippen molar-refractivity contribution in [2.45, 2.75) is 25.2 Å². The predicted molar refractivity (Wildman–Crippen MR) is 75.2 cm³/mol. The lowest BCUT2D eigenvalue weighted by Gasteiger charge is -2.34. The number of benzene rings is 1. The molecule has 0 saturated carbocycles. The number of carbonyl (C=O) groups is 1. The topological polar surface area (TPSA) is 40.5 Å². The lowest BCUT2D eigenvalue weighted by atomic mass is 10.1. The third kappa shape index (κ3) is 4.64. The standard InChI is InChI=1S/C14H16F3NO2S/c15-14(16,17)11-3-1-2-10(6-11)8-18-4-5-21-9-12(18)7-13(19)20/h1-3,6,12H,4-5,7-9H2,(H,19,20). The van der Waals surface area contributed by atoms with Gasteiger partial charge in [-0.15, -0.1) is 0 Å². The fourth-order valence-corrected chi connectivity index (χ4v) is 3.50. The van der Waals surface area contributed by atoms with Crippen molar-refractivity contribution in [3.05, 3.63) is 35.4 Å². The van der Waals surface area contributed by atoms with Gasteiger partial charge in [0.05, 0.1) is 12.0 Å². The van der Waals surface area contributed by atoms with E-state index in [4.69, 9.17) is 5.11 Å². The van der Waals surface area contributed by atoms with Crippen molar-refractivity contribution in [3.8, 4) is 0 Å². The van der Waals surface area contributed by atoms with Gasteiger partial charge in [0.1, 0.15) is 0 Å². The molecule has 3 nitrogen and oxygen atoms in total. The number of hydrogen-bond acceptors (Lipinski definition) is 3. The Morgan fingerprint density at radius 2 is 2.19 bits per heavy atom. The zero-order chi connectivity index (χ0) is 15.5. The van der Waals surface area contributed by atoms with Crippen LogP contribution in [-0.2, 0) is 17.5 Å². The summed E-state index contributed by atoms with van der Waals surface area (Å²) in [5, 5.41) is 8.92. The first-order chi connectivity index (χ1) is 9.86. The van der Waals surface area contributed by atoms with Crippen molar-refractivity contribution < 1.29 is 23.1 Å². The van der Waals surface area contributed by atoms with Crippen molar-refractivity contribution in [1.82, 2.24) is 4.90 Å². The van der Waals surface area contributed by atoms with E-state index in [2.05, 4.69) is 0 Å². The third-order valence-corrected chi connectivity index (χ3v) is 4.49. The molecule has 2 rings (SSSR count). The van der Waals surface area contributed by atoms with Crippen LogP contribution < -0.4 is 0 Å². The van der Waals surface area contributed by atoms with E-state index in [0.717, 1.165) is 17.9 Å². The van der Waals surface area contributed by atoms with Gasteiger partial charge >= 0.3 is 12.1 Å². The number of rotatable bonds is 4. The molecule has 0 radical (unpaired) electrons. The molecule has 1 atom stereocenters. The summed E-state index contributed by atoms with van der Waals surface area (Å²) in [6, 6.07) is 5.10. The van der Waals surface area contributed by atoms with Gasteiger partial charge in [0.15, 0.2) is 0 Å². The smallest absolute Gasteiger partial charge is 0.416 e. The number of carboxylic acid groups (broad SMARTS) is 1. The highest BCUT2D eigenvalue weighted by Crippen LogP contribution is 2.30. The Kier molecular flexibility index (Phi) is 5.16. The molecule has 1 aromatic rings. The Morgan fingerprint density at radius 1 is 1.43 bits per heavy atom. The van der Waals surface area contributed by atoms with Crippen LogP contribution in [0, 0.1) is 0 Å². The zero-order valence-electron chi connectivity index (χ0n) is 11.3. The van der Waals surface area contributed by atoms with Crippen LogP contribution in [-0.4, -0.2) is 40.1 Å². The van der Waals surface area contributed by atoms with Gasteiger partial charge in [-0.25, -0.2) is 0 Å². The maximum absolute atomic E-state index is 12.7. The van der Waals surface area contributed by atoms with Gasteiger partial charge in [0.25, 0.3) is 0 Å². The Bertz CT molecular complexity index is 507. The lowest BCUT2D eigenvalue weighted by molar-refractivity contribution is -0.138. The van der Waals surface area contributed by atoms with Crippen molar-refractivity contribution in [2.75, 3.05) is 18.1 Å². The van der Waals surface area contributed by atoms with Crippen molar-refractivity contribution in [2.24, 2.45) is 0 Å². The van der Waals surface area contributed by atoms with Crippen molar-refractivity contribution in [3.63, 3.8) is 0 Å². The van der Waals surface area contributed by atoms with E-state index in [1.165, 1.54) is 6.07 Å². The largest absolute Gasteiger partial charge is 0.481 e. The number of nitrogens with zero attached hydrogens (tertiary/aromatic N) is 1. The van der Waals surface area contributed by atoms with E-state index in [-0.39, 0.29) is 12.5 Å². The summed E-state index contributed by atoms with van der Waals surface area (Å²) in [5.74, 6) is 0.692. The van der Waals surface area contributed by atoms with Crippen LogP contribution in [0.15, 0.2) is 24.3 Å². The molecule has 1 unspecified atom stereocenters. The number of halogens is 3. The first kappa shape index (κ1) is 16.2. The molecule has 1 aromatic carbocycles. The van der Waals surface area contributed by atoms with E-state index in [1.54, 1.807) is 17.8 Å². The van der Waals surface area contributed by atoms with Gasteiger partial charge in [-0.2, -0.15) is 24.9 Å². The highest BCUT2D eigenvalue weighted by Gasteiger charge is 2.31. The average Bonchev–Trinajstić information content (AvgIpc) is 2.40. The first-order valence-corrected chi connectivity index (χ1v) is 7.71. The maximum atomic E-state index is 12.7. The minimum atomic E-state index is -4.35. The molecule has 0 aliphatic carbocycles. The van der Waals surface area contributed by atoms with Crippen LogP contribution in [0.25, 0.3) is 0 Å². The molecule has 1 N–H and O–H groups in total. The Balaban J connectivity index is 2.10. The normalized spacial score (nSPS) is 20.4. The van der Waals surface area contributed by atoms with Crippen LogP contribution in [0.5, 0.6) is 0 Å². The van der Waals surface area contributed by atoms with Crippen LogP contribution in [0.1, 0.15) is 17.5 Å². The second-order valence-electron chi connectivity index (χ2n) is 5.00. The van der Waals surface area contributed by atoms with Gasteiger partial charge in [-0.1, -0.05) is 18.2 Å². The quantitative estimate of drug-likeness (QED) is 0.926. The summed E-state index contributed by atoms with van der Waals surface area (Å²) in [7, 11) is 0. The Hall–Kier alpha value is -1.21. The van der Waals surface area contributed by atoms with Gasteiger partial charge < -0.3 is 5.11 Å². The molecule has 1 saturated heterocycles. The zero-order valence-corrected chi connectivity index (χ0v) is 12.1. The molecule has 116 valence electrons. The molecule has 1 aliphatic rings. The SMILES string of the molecule is O=C(O)CC1CSCCN1Cc1cccc(C(F)(F)F)c1. The summed E-state index contributed by atoms with van der Waals surface area (Å²) in [5.41, 5.74) is -0.103. The Labute approximate surface area is 125 Å². The molecule has 0 amide bonds. The fraction of sp³-hybridized carbons (Fsp3) is 0.500. The monoisotopic (exact) mass is 319 g/mol. The number of hydrogen-bond donors (Lipinski definition) is 1. The number of alkyl halides is 3. The molecular weight excluding hydrogens is 303 g/mol. The second-order valence-corrected chi connectivity index (χ2v) is 6.15. The van der Waals surface area contributed by atoms with E-state index in [0.29, 0.717) is 24.4 Å². The molecule has 0 spiro atoms. The van der Waals surface area contributed by atoms with Gasteiger partial charge in [-0.3, -0.25) is 9.69 Å². The minimum absolute atomic E-state index is 0.0198. The number of carboxylic acids is 1. The van der Waals surface area contributed by atoms with E-state index < -0.39 is 17.7 Å². The highest BCUT2D eigenvalue weighted by molar-refractivity contribution is 7.99. The van der Waals surface area contributed by atoms with E-state index in [1.807, 2.05) is 4.90 Å². The van der Waals surface area contributed by atoms with Gasteiger partial charge in [0.2, 0.25) is 0 Å². The average molecular weight is 319 g/mol. The molecule has 0 aromatic heterocycles. The highest BCUT2D eigenvalue weighted by atomic mass is 32.2. The second kappa shape index (κ2) is 6.70. The number of aliphatic carboxylic acids is 1. The summed E-state index contributed by atoms with van der Waals surface area (Å²) < 4.78 is 38.1. The Morgan fingerprint density at radius 3 is 2.86 bits per heavy atom. The van der Waals surface area contributed by atoms with Crippen LogP contribution in [0.4, 0.5) is 13.2 Å². The minimum Gasteiger partial charge on any atom is -0.481 e. The van der Waals surface area contributed by atoms with E-state index in [9.17, 15) is 18.0 Å². The molecule has 1 aliphatic heterocycles. The van der Waals surface area contributed by atoms with Crippen molar-refractivity contribution >= 4 is 17.7 Å². The fourth-order valence-electron chi connectivity index (χ4n) is 2.37. The van der Waals surface area contributed by atoms with Crippen LogP contribution >= 0.6 is 11.8 Å². The van der Waals surface area contributed by atoms with Crippen molar-refractivity contribution in [1.29, 1.82) is 0 Å². The predicted octanol–water partition coefficient (Wildman–Crippen LogP) is 3.10. The molecule has 21 heavy (non-hydrogen) atoms. The van der Waals surface area contributed by atoms with Crippen LogP contribution in [0.2, 0.25) is 0 Å². The molecule has 1 fully saturated rings. The van der Waals surface area contributed by atoms with E-state index >= 15 is 0 Å². The summed E-state index contributed by atoms with van der Waals surface area (Å²) >= 11 is 1.68. The third-order valence-electron chi connectivity index (χ3n) is 3.40. The first-order valence-electron chi connectivity index (χ1n) is 6.56.